The summed E-state index contributed by atoms with van der Waals surface area (Å²) in [5.41, 5.74) is 6.58. The van der Waals surface area contributed by atoms with Crippen molar-refractivity contribution in [3.63, 3.8) is 0 Å². The molecule has 0 amide bonds. The highest BCUT2D eigenvalue weighted by molar-refractivity contribution is 6.30. The Bertz CT molecular complexity index is 1010. The van der Waals surface area contributed by atoms with Crippen LogP contribution in [0.25, 0.3) is 5.57 Å². The second kappa shape index (κ2) is 9.61. The van der Waals surface area contributed by atoms with Gasteiger partial charge in [0.25, 0.3) is 0 Å². The number of aryl methyl sites for hydroxylation is 2. The van der Waals surface area contributed by atoms with Crippen molar-refractivity contribution in [3.05, 3.63) is 82.0 Å². The van der Waals surface area contributed by atoms with Gasteiger partial charge in [0.05, 0.1) is 6.61 Å². The fraction of sp³-hybridized carbons (Fsp3) is 0.346. The third-order valence-electron chi connectivity index (χ3n) is 6.11. The van der Waals surface area contributed by atoms with Crippen molar-refractivity contribution in [3.8, 4) is 5.75 Å². The van der Waals surface area contributed by atoms with Gasteiger partial charge < -0.3 is 14.7 Å². The normalized spacial score (nSPS) is 17.4. The van der Waals surface area contributed by atoms with Crippen LogP contribution in [0.4, 0.5) is 0 Å². The molecule has 0 bridgehead atoms. The minimum absolute atomic E-state index is 0.490. The van der Waals surface area contributed by atoms with Crippen molar-refractivity contribution in [2.75, 3.05) is 13.2 Å². The van der Waals surface area contributed by atoms with E-state index in [-0.39, 0.29) is 0 Å². The molecule has 1 N–H and O–H groups in total. The third kappa shape index (κ3) is 4.96. The third-order valence-corrected chi connectivity index (χ3v) is 6.37. The molecule has 2 aromatic carbocycles. The van der Waals surface area contributed by atoms with Crippen molar-refractivity contribution in [1.82, 2.24) is 4.90 Å². The van der Waals surface area contributed by atoms with Crippen LogP contribution in [0, 0.1) is 0 Å². The topological polar surface area (TPSA) is 49.8 Å². The standard InChI is InChI=1S/C26H28ClNO3/c1-2-23-20(17-28-14-13-25(28)26(29)30)8-7-19-16-22(11-12-24(19)23)31-15-3-4-18-5-9-21(27)10-6-18/h5-6,9-14,16,25H,2-4,7-8,15,17H2,1H3,(H,29,30). The van der Waals surface area contributed by atoms with E-state index in [9.17, 15) is 9.90 Å². The molecule has 0 saturated heterocycles. The molecule has 1 aliphatic heterocycles. The number of ether oxygens (including phenoxy) is 1. The van der Waals surface area contributed by atoms with E-state index < -0.39 is 12.0 Å². The number of hydrogen-bond acceptors (Lipinski definition) is 3. The van der Waals surface area contributed by atoms with Crippen LogP contribution < -0.4 is 4.74 Å². The fourth-order valence-corrected chi connectivity index (χ4v) is 4.54. The Kier molecular flexibility index (Phi) is 6.67. The molecule has 1 heterocycles. The van der Waals surface area contributed by atoms with Gasteiger partial charge in [0.15, 0.2) is 0 Å². The number of nitrogens with zero attached hydrogens (tertiary/aromatic N) is 1. The van der Waals surface area contributed by atoms with Gasteiger partial charge in [-0.1, -0.05) is 36.7 Å². The van der Waals surface area contributed by atoms with E-state index in [0.29, 0.717) is 13.2 Å². The van der Waals surface area contributed by atoms with Gasteiger partial charge in [0.2, 0.25) is 0 Å². The monoisotopic (exact) mass is 437 g/mol. The van der Waals surface area contributed by atoms with E-state index in [0.717, 1.165) is 42.9 Å². The molecular weight excluding hydrogens is 410 g/mol. The maximum absolute atomic E-state index is 11.3. The highest BCUT2D eigenvalue weighted by atomic mass is 35.5. The molecule has 1 unspecified atom stereocenters. The summed E-state index contributed by atoms with van der Waals surface area (Å²) >= 11 is 5.94. The fourth-order valence-electron chi connectivity index (χ4n) is 4.41. The highest BCUT2D eigenvalue weighted by Crippen LogP contribution is 2.36. The maximum Gasteiger partial charge on any atom is 0.330 e. The number of aliphatic carboxylic acids is 1. The molecule has 1 atom stereocenters. The number of benzene rings is 2. The molecule has 4 nitrogen and oxygen atoms in total. The Balaban J connectivity index is 1.37. The van der Waals surface area contributed by atoms with Crippen molar-refractivity contribution in [2.24, 2.45) is 0 Å². The van der Waals surface area contributed by atoms with E-state index in [1.165, 1.54) is 27.8 Å². The highest BCUT2D eigenvalue weighted by Gasteiger charge is 2.29. The first-order valence-electron chi connectivity index (χ1n) is 10.9. The molecule has 1 aliphatic carbocycles. The van der Waals surface area contributed by atoms with Gasteiger partial charge in [0.1, 0.15) is 11.8 Å². The van der Waals surface area contributed by atoms with Crippen LogP contribution in [-0.2, 0) is 17.6 Å². The number of carbonyl (C=O) groups is 1. The molecule has 0 saturated carbocycles. The number of allylic oxidation sites excluding steroid dienone is 1. The molecule has 0 radical (unpaired) electrons. The maximum atomic E-state index is 11.3. The lowest BCUT2D eigenvalue weighted by atomic mass is 9.83. The zero-order valence-electron chi connectivity index (χ0n) is 17.8. The molecule has 0 spiro atoms. The van der Waals surface area contributed by atoms with Gasteiger partial charge in [-0.05, 0) is 96.5 Å². The van der Waals surface area contributed by atoms with Gasteiger partial charge in [0, 0.05) is 11.6 Å². The quantitative estimate of drug-likeness (QED) is 0.508. The molecule has 2 aliphatic rings. The molecule has 162 valence electrons. The van der Waals surface area contributed by atoms with Crippen LogP contribution in [-0.4, -0.2) is 35.2 Å². The summed E-state index contributed by atoms with van der Waals surface area (Å²) in [4.78, 5) is 13.2. The summed E-state index contributed by atoms with van der Waals surface area (Å²) in [7, 11) is 0. The second-order valence-corrected chi connectivity index (χ2v) is 8.57. The largest absolute Gasteiger partial charge is 0.494 e. The van der Waals surface area contributed by atoms with Crippen molar-refractivity contribution in [1.29, 1.82) is 0 Å². The lowest BCUT2D eigenvalue weighted by molar-refractivity contribution is -0.141. The van der Waals surface area contributed by atoms with E-state index in [4.69, 9.17) is 16.3 Å². The average Bonchev–Trinajstić information content (AvgIpc) is 2.74. The molecular formula is C26H28ClNO3. The van der Waals surface area contributed by atoms with Crippen LogP contribution in [0.2, 0.25) is 5.02 Å². The first kappa shape index (κ1) is 21.5. The van der Waals surface area contributed by atoms with Crippen LogP contribution in [0.5, 0.6) is 5.75 Å². The first-order chi connectivity index (χ1) is 15.0. The van der Waals surface area contributed by atoms with Crippen molar-refractivity contribution < 1.29 is 14.6 Å². The van der Waals surface area contributed by atoms with Gasteiger partial charge in [-0.3, -0.25) is 0 Å². The lowest BCUT2D eigenvalue weighted by Crippen LogP contribution is -2.43. The zero-order valence-corrected chi connectivity index (χ0v) is 18.6. The van der Waals surface area contributed by atoms with E-state index in [1.54, 1.807) is 6.08 Å². The van der Waals surface area contributed by atoms with Gasteiger partial charge in [-0.15, -0.1) is 0 Å². The number of carboxylic acids is 1. The molecule has 2 aromatic rings. The van der Waals surface area contributed by atoms with Gasteiger partial charge in [-0.2, -0.15) is 0 Å². The van der Waals surface area contributed by atoms with E-state index in [1.807, 2.05) is 23.2 Å². The summed E-state index contributed by atoms with van der Waals surface area (Å²) in [6.07, 6.45) is 8.42. The Labute approximate surface area is 188 Å². The van der Waals surface area contributed by atoms with Crippen molar-refractivity contribution in [2.45, 2.75) is 45.1 Å². The van der Waals surface area contributed by atoms with Crippen molar-refractivity contribution >= 4 is 23.1 Å². The predicted molar refractivity (Wildman–Crippen MR) is 125 cm³/mol. The molecule has 5 heteroatoms. The van der Waals surface area contributed by atoms with Crippen LogP contribution in [0.15, 0.2) is 60.3 Å². The van der Waals surface area contributed by atoms with Crippen LogP contribution in [0.1, 0.15) is 42.9 Å². The van der Waals surface area contributed by atoms with E-state index >= 15 is 0 Å². The second-order valence-electron chi connectivity index (χ2n) is 8.13. The predicted octanol–water partition coefficient (Wildman–Crippen LogP) is 5.74. The number of carboxylic acid groups (broad SMARTS) is 1. The van der Waals surface area contributed by atoms with Gasteiger partial charge >= 0.3 is 5.97 Å². The minimum Gasteiger partial charge on any atom is -0.494 e. The molecule has 0 fully saturated rings. The Morgan fingerprint density at radius 2 is 2.00 bits per heavy atom. The minimum atomic E-state index is -0.782. The number of halogens is 1. The smallest absolute Gasteiger partial charge is 0.330 e. The first-order valence-corrected chi connectivity index (χ1v) is 11.3. The number of fused-ring (bicyclic) bond motifs is 1. The summed E-state index contributed by atoms with van der Waals surface area (Å²) in [5.74, 6) is 0.139. The number of hydrogen-bond donors (Lipinski definition) is 1. The lowest BCUT2D eigenvalue weighted by Gasteiger charge is -2.35. The van der Waals surface area contributed by atoms with Crippen LogP contribution >= 0.6 is 11.6 Å². The number of rotatable bonds is 9. The zero-order chi connectivity index (χ0) is 21.8. The Morgan fingerprint density at radius 3 is 2.68 bits per heavy atom. The Hall–Kier alpha value is -2.72. The average molecular weight is 438 g/mol. The summed E-state index contributed by atoms with van der Waals surface area (Å²) in [5, 5.41) is 10.0. The molecule has 4 rings (SSSR count). The summed E-state index contributed by atoms with van der Waals surface area (Å²) in [6, 6.07) is 13.9. The summed E-state index contributed by atoms with van der Waals surface area (Å²) in [6.45, 7) is 3.55. The molecule has 0 aromatic heterocycles. The summed E-state index contributed by atoms with van der Waals surface area (Å²) < 4.78 is 6.02. The van der Waals surface area contributed by atoms with E-state index in [2.05, 4.69) is 37.3 Å². The Morgan fingerprint density at radius 1 is 1.19 bits per heavy atom. The SMILES string of the molecule is CCC1=C(CN2C=CC2C(=O)O)CCc2cc(OCCCc3ccc(Cl)cc3)ccc21. The molecule has 31 heavy (non-hydrogen) atoms. The van der Waals surface area contributed by atoms with Crippen LogP contribution in [0.3, 0.4) is 0 Å². The van der Waals surface area contributed by atoms with Gasteiger partial charge in [-0.25, -0.2) is 4.79 Å².